The molecule has 0 aromatic heterocycles. The lowest BCUT2D eigenvalue weighted by Gasteiger charge is -2.53. The van der Waals surface area contributed by atoms with Gasteiger partial charge in [0.2, 0.25) is 0 Å². The molecule has 124 valence electrons. The summed E-state index contributed by atoms with van der Waals surface area (Å²) in [7, 11) is 0. The van der Waals surface area contributed by atoms with Crippen LogP contribution in [0.15, 0.2) is 11.6 Å². The van der Waals surface area contributed by atoms with Crippen LogP contribution in [0.1, 0.15) is 53.9 Å². The third kappa shape index (κ3) is 2.84. The van der Waals surface area contributed by atoms with Crippen LogP contribution in [-0.2, 0) is 14.3 Å². The highest BCUT2D eigenvalue weighted by molar-refractivity contribution is 5.98. The summed E-state index contributed by atoms with van der Waals surface area (Å²) in [5, 5.41) is 21.2. The lowest BCUT2D eigenvalue weighted by atomic mass is 9.54. The van der Waals surface area contributed by atoms with Gasteiger partial charge in [0.1, 0.15) is 11.7 Å². The van der Waals surface area contributed by atoms with Crippen molar-refractivity contribution < 1.29 is 24.5 Å². The van der Waals surface area contributed by atoms with Gasteiger partial charge in [0.05, 0.1) is 5.60 Å². The SMILES string of the molecule is CC(=O)O[C@@H]1CC[C@]2(C)CC(=O)C(C(C)(C)O)=C[C@H]2[C@]1(C)O. The van der Waals surface area contributed by atoms with Crippen LogP contribution < -0.4 is 0 Å². The van der Waals surface area contributed by atoms with Gasteiger partial charge in [-0.3, -0.25) is 9.59 Å². The third-order valence-electron chi connectivity index (χ3n) is 5.18. The van der Waals surface area contributed by atoms with Gasteiger partial charge >= 0.3 is 5.97 Å². The van der Waals surface area contributed by atoms with Crippen molar-refractivity contribution in [1.29, 1.82) is 0 Å². The molecule has 0 bridgehead atoms. The first-order valence-corrected chi connectivity index (χ1v) is 7.75. The van der Waals surface area contributed by atoms with Crippen molar-refractivity contribution >= 4 is 11.8 Å². The predicted molar refractivity (Wildman–Crippen MR) is 81.0 cm³/mol. The van der Waals surface area contributed by atoms with E-state index in [1.165, 1.54) is 6.92 Å². The number of ketones is 1. The molecule has 1 saturated carbocycles. The summed E-state index contributed by atoms with van der Waals surface area (Å²) in [6.07, 6.45) is 2.60. The molecule has 0 saturated heterocycles. The highest BCUT2D eigenvalue weighted by atomic mass is 16.6. The summed E-state index contributed by atoms with van der Waals surface area (Å²) >= 11 is 0. The summed E-state index contributed by atoms with van der Waals surface area (Å²) in [6.45, 7) is 8.09. The minimum absolute atomic E-state index is 0.0759. The summed E-state index contributed by atoms with van der Waals surface area (Å²) in [5.74, 6) is -0.849. The van der Waals surface area contributed by atoms with Crippen LogP contribution in [-0.4, -0.2) is 39.3 Å². The van der Waals surface area contributed by atoms with Crippen molar-refractivity contribution in [3.63, 3.8) is 0 Å². The van der Waals surface area contributed by atoms with Crippen molar-refractivity contribution in [2.24, 2.45) is 11.3 Å². The van der Waals surface area contributed by atoms with Crippen LogP contribution in [0.3, 0.4) is 0 Å². The van der Waals surface area contributed by atoms with Crippen LogP contribution >= 0.6 is 0 Å². The fourth-order valence-electron chi connectivity index (χ4n) is 4.03. The Kier molecular flexibility index (Phi) is 4.03. The molecule has 22 heavy (non-hydrogen) atoms. The van der Waals surface area contributed by atoms with Gasteiger partial charge in [-0.15, -0.1) is 0 Å². The Balaban J connectivity index is 2.45. The van der Waals surface area contributed by atoms with Gasteiger partial charge in [-0.2, -0.15) is 0 Å². The molecule has 0 heterocycles. The quantitative estimate of drug-likeness (QED) is 0.759. The van der Waals surface area contributed by atoms with Crippen LogP contribution in [0.2, 0.25) is 0 Å². The fourth-order valence-corrected chi connectivity index (χ4v) is 4.03. The minimum atomic E-state index is -1.27. The van der Waals surface area contributed by atoms with Gasteiger partial charge in [0, 0.05) is 24.8 Å². The first kappa shape index (κ1) is 17.2. The number of hydrogen-bond acceptors (Lipinski definition) is 5. The molecule has 2 aliphatic rings. The van der Waals surface area contributed by atoms with Gasteiger partial charge in [-0.25, -0.2) is 0 Å². The first-order chi connectivity index (χ1) is 9.88. The van der Waals surface area contributed by atoms with E-state index >= 15 is 0 Å². The molecule has 2 aliphatic carbocycles. The molecule has 0 amide bonds. The fraction of sp³-hybridized carbons (Fsp3) is 0.765. The Morgan fingerprint density at radius 3 is 2.50 bits per heavy atom. The minimum Gasteiger partial charge on any atom is -0.459 e. The van der Waals surface area contributed by atoms with Gasteiger partial charge in [-0.05, 0) is 39.0 Å². The molecular formula is C17H26O5. The molecular weight excluding hydrogens is 284 g/mol. The largest absolute Gasteiger partial charge is 0.459 e. The van der Waals surface area contributed by atoms with Crippen LogP contribution in [0.4, 0.5) is 0 Å². The monoisotopic (exact) mass is 310 g/mol. The van der Waals surface area contributed by atoms with E-state index < -0.39 is 23.3 Å². The molecule has 0 aliphatic heterocycles. The molecule has 0 spiro atoms. The standard InChI is InChI=1S/C17H26O5/c1-10(18)22-14-6-7-16(4)9-12(19)11(15(2,3)20)8-13(16)17(14,5)21/h8,13-14,20-21H,6-7,9H2,1-5H3/t13-,14-,16-,17+/m1/s1. The second-order valence-electron chi connectivity index (χ2n) is 7.73. The van der Waals surface area contributed by atoms with E-state index in [1.807, 2.05) is 6.92 Å². The maximum atomic E-state index is 12.4. The zero-order valence-electron chi connectivity index (χ0n) is 14.0. The smallest absolute Gasteiger partial charge is 0.303 e. The van der Waals surface area contributed by atoms with Crippen molar-refractivity contribution in [3.8, 4) is 0 Å². The number of ether oxygens (including phenoxy) is 1. The summed E-state index contributed by atoms with van der Waals surface area (Å²) in [4.78, 5) is 23.6. The zero-order chi connectivity index (χ0) is 16.9. The van der Waals surface area contributed by atoms with E-state index in [1.54, 1.807) is 26.8 Å². The second-order valence-corrected chi connectivity index (χ2v) is 7.73. The second kappa shape index (κ2) is 5.17. The number of aliphatic hydroxyl groups is 2. The van der Waals surface area contributed by atoms with Gasteiger partial charge in [-0.1, -0.05) is 13.0 Å². The van der Waals surface area contributed by atoms with E-state index in [-0.39, 0.29) is 23.5 Å². The van der Waals surface area contributed by atoms with E-state index in [0.717, 1.165) is 0 Å². The van der Waals surface area contributed by atoms with Gasteiger partial charge < -0.3 is 14.9 Å². The zero-order valence-corrected chi connectivity index (χ0v) is 14.0. The number of rotatable bonds is 2. The number of carbonyl (C=O) groups excluding carboxylic acids is 2. The molecule has 2 N–H and O–H groups in total. The Labute approximate surface area is 131 Å². The number of esters is 1. The average Bonchev–Trinajstić information content (AvgIpc) is 2.30. The number of hydrogen-bond donors (Lipinski definition) is 2. The summed E-state index contributed by atoms with van der Waals surface area (Å²) in [5.41, 5.74) is -2.57. The highest BCUT2D eigenvalue weighted by Gasteiger charge is 2.56. The Hall–Kier alpha value is -1.20. The summed E-state index contributed by atoms with van der Waals surface area (Å²) in [6, 6.07) is 0. The van der Waals surface area contributed by atoms with Crippen LogP contribution in [0, 0.1) is 11.3 Å². The van der Waals surface area contributed by atoms with Crippen molar-refractivity contribution in [1.82, 2.24) is 0 Å². The lowest BCUT2D eigenvalue weighted by Crippen LogP contribution is -2.59. The van der Waals surface area contributed by atoms with Gasteiger partial charge in [0.15, 0.2) is 5.78 Å². The highest BCUT2D eigenvalue weighted by Crippen LogP contribution is 2.53. The molecule has 0 aromatic carbocycles. The lowest BCUT2D eigenvalue weighted by molar-refractivity contribution is -0.189. The molecule has 0 radical (unpaired) electrons. The first-order valence-electron chi connectivity index (χ1n) is 7.75. The Morgan fingerprint density at radius 1 is 1.41 bits per heavy atom. The Bertz CT molecular complexity index is 526. The maximum Gasteiger partial charge on any atom is 0.303 e. The topological polar surface area (TPSA) is 83.8 Å². The molecule has 0 unspecified atom stereocenters. The number of fused-ring (bicyclic) bond motifs is 1. The van der Waals surface area contributed by atoms with Crippen LogP contribution in [0.5, 0.6) is 0 Å². The number of Topliss-reactive ketones (excluding diaryl/α,β-unsaturated/α-hetero) is 1. The molecule has 1 fully saturated rings. The number of carbonyl (C=O) groups is 2. The Morgan fingerprint density at radius 2 is 2.00 bits per heavy atom. The molecule has 2 rings (SSSR count). The van der Waals surface area contributed by atoms with E-state index in [9.17, 15) is 19.8 Å². The molecule has 0 aromatic rings. The van der Waals surface area contributed by atoms with Crippen molar-refractivity contribution in [2.45, 2.75) is 71.2 Å². The molecule has 5 heteroatoms. The maximum absolute atomic E-state index is 12.4. The van der Waals surface area contributed by atoms with Crippen molar-refractivity contribution in [3.05, 3.63) is 11.6 Å². The van der Waals surface area contributed by atoms with E-state index in [2.05, 4.69) is 0 Å². The normalized spacial score (nSPS) is 39.0. The van der Waals surface area contributed by atoms with Crippen molar-refractivity contribution in [2.75, 3.05) is 0 Å². The van der Waals surface area contributed by atoms with E-state index in [0.29, 0.717) is 18.4 Å². The van der Waals surface area contributed by atoms with Crippen LogP contribution in [0.25, 0.3) is 0 Å². The average molecular weight is 310 g/mol. The summed E-state index contributed by atoms with van der Waals surface area (Å²) < 4.78 is 5.28. The molecule has 5 nitrogen and oxygen atoms in total. The third-order valence-corrected chi connectivity index (χ3v) is 5.18. The van der Waals surface area contributed by atoms with Gasteiger partial charge in [0.25, 0.3) is 0 Å². The predicted octanol–water partition coefficient (Wildman–Crippen LogP) is 1.76. The van der Waals surface area contributed by atoms with E-state index in [4.69, 9.17) is 4.74 Å². The molecule has 4 atom stereocenters.